The molecule has 4 aliphatic rings. The van der Waals surface area contributed by atoms with E-state index in [9.17, 15) is 19.5 Å². The maximum atomic E-state index is 14.4. The SMILES string of the molecule is COCC1=CC2C(=O)C3(C=C(C)C(OC(C)=O)C3(O)C1OC(C)=O)C(C)CC1C2C1(C)C. The second kappa shape index (κ2) is 7.26. The maximum absolute atomic E-state index is 14.4. The highest BCUT2D eigenvalue weighted by molar-refractivity contribution is 5.95. The van der Waals surface area contributed by atoms with Crippen molar-refractivity contribution >= 4 is 17.7 Å². The smallest absolute Gasteiger partial charge is 0.303 e. The quantitative estimate of drug-likeness (QED) is 0.523. The molecule has 7 nitrogen and oxygen atoms in total. The highest BCUT2D eigenvalue weighted by Crippen LogP contribution is 2.71. The number of aliphatic hydroxyl groups is 1. The number of fused-ring (bicyclic) bond motifs is 3. The number of carbonyl (C=O) groups is 3. The van der Waals surface area contributed by atoms with Crippen LogP contribution in [0, 0.1) is 34.5 Å². The minimum atomic E-state index is -1.97. The Kier molecular flexibility index (Phi) is 5.25. The zero-order valence-corrected chi connectivity index (χ0v) is 19.9. The Hall–Kier alpha value is -1.99. The number of hydrogen-bond donors (Lipinski definition) is 1. The third-order valence-electron chi connectivity index (χ3n) is 8.56. The van der Waals surface area contributed by atoms with Gasteiger partial charge in [0.15, 0.2) is 23.6 Å². The summed E-state index contributed by atoms with van der Waals surface area (Å²) in [7, 11) is 1.52. The number of ketones is 1. The first kappa shape index (κ1) is 23.2. The summed E-state index contributed by atoms with van der Waals surface area (Å²) in [6.45, 7) is 10.7. The van der Waals surface area contributed by atoms with Gasteiger partial charge in [0.2, 0.25) is 0 Å². The van der Waals surface area contributed by atoms with E-state index in [-0.39, 0.29) is 29.6 Å². The maximum Gasteiger partial charge on any atom is 0.303 e. The molecule has 4 aliphatic carbocycles. The minimum Gasteiger partial charge on any atom is -0.455 e. The molecule has 2 bridgehead atoms. The van der Waals surface area contributed by atoms with E-state index >= 15 is 0 Å². The van der Waals surface area contributed by atoms with Gasteiger partial charge in [-0.2, -0.15) is 0 Å². The van der Waals surface area contributed by atoms with Crippen LogP contribution in [0.2, 0.25) is 0 Å². The highest BCUT2D eigenvalue weighted by Gasteiger charge is 2.77. The molecule has 0 aliphatic heterocycles. The van der Waals surface area contributed by atoms with Crippen LogP contribution < -0.4 is 0 Å². The van der Waals surface area contributed by atoms with Gasteiger partial charge < -0.3 is 19.3 Å². The number of ether oxygens (including phenoxy) is 3. The van der Waals surface area contributed by atoms with E-state index in [1.165, 1.54) is 21.0 Å². The minimum absolute atomic E-state index is 0.00306. The molecule has 176 valence electrons. The Morgan fingerprint density at radius 3 is 2.31 bits per heavy atom. The standard InChI is InChI=1S/C25H34O7/c1-12-10-24-13(2)8-18-19(23(18,5)6)17(20(24)28)9-16(11-30-7)22(32-15(4)27)25(24,29)21(12)31-14(3)26/h9-10,13,17-19,21-22,29H,8,11H2,1-7H3. The van der Waals surface area contributed by atoms with E-state index in [0.717, 1.165) is 6.42 Å². The van der Waals surface area contributed by atoms with Crippen molar-refractivity contribution in [3.63, 3.8) is 0 Å². The predicted octanol–water partition coefficient (Wildman–Crippen LogP) is 2.61. The monoisotopic (exact) mass is 446 g/mol. The van der Waals surface area contributed by atoms with Crippen LogP contribution in [0.15, 0.2) is 23.3 Å². The van der Waals surface area contributed by atoms with Crippen LogP contribution in [0.3, 0.4) is 0 Å². The van der Waals surface area contributed by atoms with Crippen molar-refractivity contribution in [2.24, 2.45) is 34.5 Å². The number of hydrogen-bond acceptors (Lipinski definition) is 7. The molecule has 8 atom stereocenters. The first-order valence-electron chi connectivity index (χ1n) is 11.3. The fraction of sp³-hybridized carbons (Fsp3) is 0.720. The Balaban J connectivity index is 2.01. The molecule has 0 saturated heterocycles. The van der Waals surface area contributed by atoms with Gasteiger partial charge in [-0.3, -0.25) is 14.4 Å². The fourth-order valence-electron chi connectivity index (χ4n) is 7.22. The number of esters is 2. The average molecular weight is 447 g/mol. The van der Waals surface area contributed by atoms with E-state index in [4.69, 9.17) is 14.2 Å². The van der Waals surface area contributed by atoms with E-state index in [2.05, 4.69) is 13.8 Å². The Labute approximate surface area is 189 Å². The van der Waals surface area contributed by atoms with Gasteiger partial charge >= 0.3 is 11.9 Å². The zero-order chi connectivity index (χ0) is 23.8. The van der Waals surface area contributed by atoms with Crippen molar-refractivity contribution < 1.29 is 33.7 Å². The molecule has 2 saturated carbocycles. The van der Waals surface area contributed by atoms with Gasteiger partial charge in [0.1, 0.15) is 0 Å². The van der Waals surface area contributed by atoms with Crippen molar-refractivity contribution in [1.29, 1.82) is 0 Å². The van der Waals surface area contributed by atoms with Crippen molar-refractivity contribution in [2.75, 3.05) is 13.7 Å². The third kappa shape index (κ3) is 2.83. The summed E-state index contributed by atoms with van der Waals surface area (Å²) < 4.78 is 16.8. The van der Waals surface area contributed by atoms with Crippen LogP contribution in [0.4, 0.5) is 0 Å². The third-order valence-corrected chi connectivity index (χ3v) is 8.56. The Morgan fingerprint density at radius 1 is 1.16 bits per heavy atom. The summed E-state index contributed by atoms with van der Waals surface area (Å²) in [5.74, 6) is -1.49. The molecule has 7 heteroatoms. The van der Waals surface area contributed by atoms with E-state index < -0.39 is 41.1 Å². The summed E-state index contributed by atoms with van der Waals surface area (Å²) in [6, 6.07) is 0. The lowest BCUT2D eigenvalue weighted by Crippen LogP contribution is -2.66. The zero-order valence-electron chi connectivity index (χ0n) is 19.9. The molecule has 0 aromatic rings. The largest absolute Gasteiger partial charge is 0.455 e. The Bertz CT molecular complexity index is 931. The molecular formula is C25H34O7. The van der Waals surface area contributed by atoms with Crippen LogP contribution in [-0.4, -0.2) is 54.4 Å². The van der Waals surface area contributed by atoms with Gasteiger partial charge in [0.05, 0.1) is 12.0 Å². The van der Waals surface area contributed by atoms with E-state index in [1.807, 2.05) is 13.0 Å². The predicted molar refractivity (Wildman–Crippen MR) is 115 cm³/mol. The molecule has 2 fully saturated rings. The summed E-state index contributed by atoms with van der Waals surface area (Å²) in [6.07, 6.45) is 2.10. The van der Waals surface area contributed by atoms with Crippen molar-refractivity contribution in [2.45, 2.75) is 65.8 Å². The van der Waals surface area contributed by atoms with Crippen LogP contribution >= 0.6 is 0 Å². The summed E-state index contributed by atoms with van der Waals surface area (Å²) in [5.41, 5.74) is -2.20. The van der Waals surface area contributed by atoms with Gasteiger partial charge in [0.25, 0.3) is 0 Å². The molecule has 1 spiro atoms. The topological polar surface area (TPSA) is 99.1 Å². The molecule has 4 rings (SSSR count). The van der Waals surface area contributed by atoms with Crippen molar-refractivity contribution in [3.8, 4) is 0 Å². The first-order valence-corrected chi connectivity index (χ1v) is 11.3. The van der Waals surface area contributed by atoms with Gasteiger partial charge in [-0.15, -0.1) is 0 Å². The number of allylic oxidation sites excluding steroid dienone is 1. The van der Waals surface area contributed by atoms with Gasteiger partial charge in [-0.25, -0.2) is 0 Å². The van der Waals surface area contributed by atoms with Gasteiger partial charge in [-0.05, 0) is 47.7 Å². The lowest BCUT2D eigenvalue weighted by atomic mass is 9.59. The summed E-state index contributed by atoms with van der Waals surface area (Å²) >= 11 is 0. The van der Waals surface area contributed by atoms with Crippen LogP contribution in [-0.2, 0) is 28.6 Å². The Morgan fingerprint density at radius 2 is 1.75 bits per heavy atom. The highest BCUT2D eigenvalue weighted by atomic mass is 16.6. The van der Waals surface area contributed by atoms with Crippen LogP contribution in [0.5, 0.6) is 0 Å². The van der Waals surface area contributed by atoms with Crippen LogP contribution in [0.25, 0.3) is 0 Å². The first-order chi connectivity index (χ1) is 14.8. The number of rotatable bonds is 4. The summed E-state index contributed by atoms with van der Waals surface area (Å²) in [5, 5.41) is 12.6. The van der Waals surface area contributed by atoms with E-state index in [1.54, 1.807) is 13.0 Å². The molecule has 32 heavy (non-hydrogen) atoms. The molecule has 0 heterocycles. The molecule has 0 radical (unpaired) electrons. The van der Waals surface area contributed by atoms with Crippen LogP contribution in [0.1, 0.15) is 48.0 Å². The molecule has 1 N–H and O–H groups in total. The number of methoxy groups -OCH3 is 1. The molecule has 0 amide bonds. The second-order valence-electron chi connectivity index (χ2n) is 10.7. The van der Waals surface area contributed by atoms with Crippen molar-refractivity contribution in [3.05, 3.63) is 23.3 Å². The summed E-state index contributed by atoms with van der Waals surface area (Å²) in [4.78, 5) is 38.6. The second-order valence-corrected chi connectivity index (χ2v) is 10.7. The average Bonchev–Trinajstić information content (AvgIpc) is 3.17. The van der Waals surface area contributed by atoms with Gasteiger partial charge in [-0.1, -0.05) is 32.9 Å². The lowest BCUT2D eigenvalue weighted by molar-refractivity contribution is -0.211. The molecule has 0 aromatic carbocycles. The van der Waals surface area contributed by atoms with E-state index in [0.29, 0.717) is 17.1 Å². The molecular weight excluding hydrogens is 412 g/mol. The lowest BCUT2D eigenvalue weighted by Gasteiger charge is -2.49. The normalized spacial score (nSPS) is 43.7. The van der Waals surface area contributed by atoms with Crippen molar-refractivity contribution in [1.82, 2.24) is 0 Å². The van der Waals surface area contributed by atoms with Gasteiger partial charge in [0, 0.05) is 26.9 Å². The molecule has 0 aromatic heterocycles. The fourth-order valence-corrected chi connectivity index (χ4v) is 7.22. The number of Topliss-reactive ketones (excluding diaryl/α,β-unsaturated/α-hetero) is 1. The number of carbonyl (C=O) groups excluding carboxylic acids is 3. The molecule has 8 unspecified atom stereocenters.